The second-order valence-electron chi connectivity index (χ2n) is 5.27. The Morgan fingerprint density at radius 1 is 1.12 bits per heavy atom. The number of amides is 1. The van der Waals surface area contributed by atoms with Gasteiger partial charge in [0, 0.05) is 10.6 Å². The molecule has 0 unspecified atom stereocenters. The summed E-state index contributed by atoms with van der Waals surface area (Å²) in [5.74, 6) is -1.15. The molecule has 24 heavy (non-hydrogen) atoms. The van der Waals surface area contributed by atoms with Crippen molar-refractivity contribution in [2.24, 2.45) is 0 Å². The van der Waals surface area contributed by atoms with Gasteiger partial charge in [-0.2, -0.15) is 0 Å². The zero-order chi connectivity index (χ0) is 17.3. The van der Waals surface area contributed by atoms with Crippen LogP contribution in [-0.4, -0.2) is 18.4 Å². The van der Waals surface area contributed by atoms with Crippen LogP contribution in [0.1, 0.15) is 11.1 Å². The first-order valence-electron chi connectivity index (χ1n) is 7.09. The van der Waals surface area contributed by atoms with Crippen molar-refractivity contribution in [2.75, 3.05) is 11.4 Å². The number of carbonyl (C=O) groups excluding carboxylic acids is 2. The quantitative estimate of drug-likeness (QED) is 0.590. The highest BCUT2D eigenvalue weighted by atomic mass is 35.5. The van der Waals surface area contributed by atoms with E-state index in [0.29, 0.717) is 16.3 Å². The Bertz CT molecular complexity index is 793. The molecular formula is C17H12Cl3NO3. The molecule has 0 saturated carbocycles. The van der Waals surface area contributed by atoms with Crippen LogP contribution in [0.4, 0.5) is 5.69 Å². The van der Waals surface area contributed by atoms with Crippen LogP contribution < -0.4 is 4.90 Å². The lowest BCUT2D eigenvalue weighted by atomic mass is 10.1. The molecule has 7 heteroatoms. The van der Waals surface area contributed by atoms with Gasteiger partial charge in [-0.25, -0.2) is 0 Å². The van der Waals surface area contributed by atoms with Crippen LogP contribution in [0.25, 0.3) is 0 Å². The van der Waals surface area contributed by atoms with Crippen LogP contribution in [0.3, 0.4) is 0 Å². The average Bonchev–Trinajstić information content (AvgIpc) is 2.75. The van der Waals surface area contributed by atoms with Gasteiger partial charge >= 0.3 is 5.97 Å². The molecular weight excluding hydrogens is 373 g/mol. The summed E-state index contributed by atoms with van der Waals surface area (Å²) in [4.78, 5) is 25.7. The van der Waals surface area contributed by atoms with Crippen molar-refractivity contribution in [3.63, 3.8) is 0 Å². The summed E-state index contributed by atoms with van der Waals surface area (Å²) in [6.07, 6.45) is 0. The molecule has 4 nitrogen and oxygen atoms in total. The molecule has 124 valence electrons. The minimum absolute atomic E-state index is 0.127. The minimum Gasteiger partial charge on any atom is -0.459 e. The fourth-order valence-corrected chi connectivity index (χ4v) is 3.14. The van der Waals surface area contributed by atoms with E-state index in [0.717, 1.165) is 5.56 Å². The molecule has 2 aromatic rings. The lowest BCUT2D eigenvalue weighted by Crippen LogP contribution is -2.37. The molecule has 0 bridgehead atoms. The van der Waals surface area contributed by atoms with Crippen LogP contribution in [-0.2, 0) is 25.3 Å². The third-order valence-corrected chi connectivity index (χ3v) is 4.60. The fraction of sp³-hybridized carbons (Fsp3) is 0.176. The van der Waals surface area contributed by atoms with Crippen LogP contribution >= 0.6 is 34.8 Å². The molecule has 0 saturated heterocycles. The van der Waals surface area contributed by atoms with Crippen molar-refractivity contribution < 1.29 is 14.3 Å². The summed E-state index contributed by atoms with van der Waals surface area (Å²) < 4.78 is 3.44. The first-order valence-corrected chi connectivity index (χ1v) is 8.22. The Morgan fingerprint density at radius 3 is 2.54 bits per heavy atom. The Labute approximate surface area is 153 Å². The second-order valence-corrected chi connectivity index (χ2v) is 7.04. The van der Waals surface area contributed by atoms with E-state index < -0.39 is 16.2 Å². The highest BCUT2D eigenvalue weighted by Gasteiger charge is 2.49. The molecule has 3 rings (SSSR count). The van der Waals surface area contributed by atoms with Gasteiger partial charge in [0.25, 0.3) is 5.91 Å². The monoisotopic (exact) mass is 383 g/mol. The third-order valence-electron chi connectivity index (χ3n) is 3.63. The van der Waals surface area contributed by atoms with Gasteiger partial charge in [0.05, 0.1) is 5.69 Å². The van der Waals surface area contributed by atoms with E-state index in [9.17, 15) is 9.59 Å². The standard InChI is InChI=1S/C17H12Cl3NO3/c18-12-6-7-14-13(8-12)17(19,20)16(23)21(14)9-15(22)24-10-11-4-2-1-3-5-11/h1-8H,9-10H2. The van der Waals surface area contributed by atoms with Gasteiger partial charge in [0.1, 0.15) is 13.2 Å². The molecule has 0 radical (unpaired) electrons. The Kier molecular flexibility index (Phi) is 4.72. The molecule has 2 aromatic carbocycles. The number of nitrogens with zero attached hydrogens (tertiary/aromatic N) is 1. The largest absolute Gasteiger partial charge is 0.459 e. The second kappa shape index (κ2) is 6.63. The first-order chi connectivity index (χ1) is 11.4. The van der Waals surface area contributed by atoms with E-state index in [1.54, 1.807) is 12.1 Å². The molecule has 1 heterocycles. The van der Waals surface area contributed by atoms with Gasteiger partial charge in [-0.1, -0.05) is 65.1 Å². The number of carbonyl (C=O) groups is 2. The zero-order valence-electron chi connectivity index (χ0n) is 12.3. The number of fused-ring (bicyclic) bond motifs is 1. The molecule has 1 amide bonds. The maximum Gasteiger partial charge on any atom is 0.326 e. The Balaban J connectivity index is 1.73. The summed E-state index contributed by atoms with van der Waals surface area (Å²) in [6, 6.07) is 14.0. The van der Waals surface area contributed by atoms with Crippen molar-refractivity contribution in [3.05, 3.63) is 64.7 Å². The Morgan fingerprint density at radius 2 is 1.83 bits per heavy atom. The molecule has 1 aliphatic heterocycles. The molecule has 1 aliphatic rings. The lowest BCUT2D eigenvalue weighted by Gasteiger charge is -2.17. The number of hydrogen-bond acceptors (Lipinski definition) is 3. The topological polar surface area (TPSA) is 46.6 Å². The number of rotatable bonds is 4. The number of esters is 1. The number of anilines is 1. The van der Waals surface area contributed by atoms with Crippen LogP contribution in [0.2, 0.25) is 5.02 Å². The van der Waals surface area contributed by atoms with Crippen LogP contribution in [0, 0.1) is 0 Å². The normalized spacial score (nSPS) is 15.3. The van der Waals surface area contributed by atoms with E-state index in [4.69, 9.17) is 39.5 Å². The average molecular weight is 385 g/mol. The summed E-state index contributed by atoms with van der Waals surface area (Å²) in [5.41, 5.74) is 1.67. The number of hydrogen-bond donors (Lipinski definition) is 0. The van der Waals surface area contributed by atoms with E-state index in [2.05, 4.69) is 0 Å². The van der Waals surface area contributed by atoms with Gasteiger partial charge < -0.3 is 4.74 Å². The van der Waals surface area contributed by atoms with E-state index in [1.165, 1.54) is 11.0 Å². The highest BCUT2D eigenvalue weighted by molar-refractivity contribution is 6.60. The predicted octanol–water partition coefficient (Wildman–Crippen LogP) is 4.06. The number of ether oxygens (including phenoxy) is 1. The molecule has 0 aliphatic carbocycles. The summed E-state index contributed by atoms with van der Waals surface area (Å²) >= 11 is 18.2. The SMILES string of the molecule is O=C(CN1C(=O)C(Cl)(Cl)c2cc(Cl)ccc21)OCc1ccccc1. The molecule has 0 N–H and O–H groups in total. The fourth-order valence-electron chi connectivity index (χ4n) is 2.46. The van der Waals surface area contributed by atoms with Gasteiger partial charge in [-0.05, 0) is 23.8 Å². The van der Waals surface area contributed by atoms with Crippen LogP contribution in [0.15, 0.2) is 48.5 Å². The van der Waals surface area contributed by atoms with Crippen molar-refractivity contribution in [3.8, 4) is 0 Å². The van der Waals surface area contributed by atoms with E-state index >= 15 is 0 Å². The van der Waals surface area contributed by atoms with Gasteiger partial charge in [0.2, 0.25) is 4.33 Å². The van der Waals surface area contributed by atoms with Crippen molar-refractivity contribution in [1.82, 2.24) is 0 Å². The Hall–Kier alpha value is -1.75. The van der Waals surface area contributed by atoms with E-state index in [-0.39, 0.29) is 13.2 Å². The van der Waals surface area contributed by atoms with Crippen LogP contribution in [0.5, 0.6) is 0 Å². The summed E-state index contributed by atoms with van der Waals surface area (Å²) in [7, 11) is 0. The molecule has 0 spiro atoms. The summed E-state index contributed by atoms with van der Waals surface area (Å²) in [6.45, 7) is -0.149. The maximum absolute atomic E-state index is 12.4. The van der Waals surface area contributed by atoms with Gasteiger partial charge in [-0.15, -0.1) is 0 Å². The van der Waals surface area contributed by atoms with Crippen molar-refractivity contribution in [1.29, 1.82) is 0 Å². The lowest BCUT2D eigenvalue weighted by molar-refractivity contribution is -0.144. The smallest absolute Gasteiger partial charge is 0.326 e. The molecule has 0 atom stereocenters. The highest BCUT2D eigenvalue weighted by Crippen LogP contribution is 2.48. The molecule has 0 fully saturated rings. The number of halogens is 3. The van der Waals surface area contributed by atoms with E-state index in [1.807, 2.05) is 30.3 Å². The third kappa shape index (κ3) is 3.22. The number of alkyl halides is 2. The first kappa shape index (κ1) is 17.1. The molecule has 0 aromatic heterocycles. The zero-order valence-corrected chi connectivity index (χ0v) is 14.6. The van der Waals surface area contributed by atoms with Gasteiger partial charge in [0.15, 0.2) is 0 Å². The number of benzene rings is 2. The predicted molar refractivity (Wildman–Crippen MR) is 93.4 cm³/mol. The van der Waals surface area contributed by atoms with Crippen molar-refractivity contribution in [2.45, 2.75) is 10.9 Å². The maximum atomic E-state index is 12.4. The van der Waals surface area contributed by atoms with Gasteiger partial charge in [-0.3, -0.25) is 14.5 Å². The minimum atomic E-state index is -1.76. The summed E-state index contributed by atoms with van der Waals surface area (Å²) in [5, 5.41) is 0.403. The van der Waals surface area contributed by atoms with Crippen molar-refractivity contribution >= 4 is 52.4 Å².